The minimum Gasteiger partial charge on any atom is -0.398 e. The van der Waals surface area contributed by atoms with E-state index in [4.69, 9.17) is 5.73 Å². The Kier molecular flexibility index (Phi) is 5.13. The fourth-order valence-corrected chi connectivity index (χ4v) is 1.59. The number of rotatable bonds is 5. The molecule has 20 heavy (non-hydrogen) atoms. The third-order valence-electron chi connectivity index (χ3n) is 2.57. The first kappa shape index (κ1) is 16.5. The summed E-state index contributed by atoms with van der Waals surface area (Å²) in [6.07, 6.45) is -9.52. The van der Waals surface area contributed by atoms with Crippen LogP contribution in [-0.4, -0.2) is 12.7 Å². The zero-order valence-electron chi connectivity index (χ0n) is 10.4. The normalized spacial score (nSPS) is 12.5. The van der Waals surface area contributed by atoms with Crippen LogP contribution in [-0.2, 0) is 6.18 Å². The molecule has 0 atom stereocenters. The van der Waals surface area contributed by atoms with Crippen molar-refractivity contribution in [3.63, 3.8) is 0 Å². The Morgan fingerprint density at radius 3 is 2.20 bits per heavy atom. The van der Waals surface area contributed by atoms with E-state index in [1.54, 1.807) is 0 Å². The van der Waals surface area contributed by atoms with Crippen molar-refractivity contribution < 1.29 is 26.3 Å². The van der Waals surface area contributed by atoms with Gasteiger partial charge in [0.05, 0.1) is 5.56 Å². The molecule has 0 saturated heterocycles. The molecule has 2 nitrogen and oxygen atoms in total. The maximum atomic E-state index is 12.6. The van der Waals surface area contributed by atoms with Gasteiger partial charge in [-0.05, 0) is 31.0 Å². The predicted molar refractivity (Wildman–Crippen MR) is 64.3 cm³/mol. The number of nitrogens with two attached hydrogens (primary N) is 1. The molecule has 0 unspecified atom stereocenters. The minimum absolute atomic E-state index is 0.0718. The molecule has 3 N–H and O–H groups in total. The van der Waals surface area contributed by atoms with Crippen molar-refractivity contribution >= 4 is 11.4 Å². The number of nitrogens with one attached hydrogen (secondary N) is 1. The molecule has 0 aliphatic heterocycles. The van der Waals surface area contributed by atoms with Gasteiger partial charge in [-0.1, -0.05) is 0 Å². The number of halogens is 6. The largest absolute Gasteiger partial charge is 0.418 e. The van der Waals surface area contributed by atoms with Crippen molar-refractivity contribution in [2.75, 3.05) is 17.6 Å². The first-order valence-corrected chi connectivity index (χ1v) is 5.87. The lowest BCUT2D eigenvalue weighted by Gasteiger charge is -2.13. The SMILES string of the molecule is Nc1ccc(NCCCCC(F)(F)F)cc1C(F)(F)F. The lowest BCUT2D eigenvalue weighted by atomic mass is 10.1. The van der Waals surface area contributed by atoms with Crippen molar-refractivity contribution in [3.05, 3.63) is 23.8 Å². The minimum atomic E-state index is -4.56. The number of alkyl halides is 6. The van der Waals surface area contributed by atoms with E-state index in [-0.39, 0.29) is 30.8 Å². The van der Waals surface area contributed by atoms with E-state index in [2.05, 4.69) is 5.32 Å². The summed E-state index contributed by atoms with van der Waals surface area (Å²) in [5.41, 5.74) is 4.06. The van der Waals surface area contributed by atoms with Gasteiger partial charge in [0.25, 0.3) is 0 Å². The van der Waals surface area contributed by atoms with Crippen LogP contribution in [0.1, 0.15) is 24.8 Å². The van der Waals surface area contributed by atoms with Crippen LogP contribution < -0.4 is 11.1 Å². The van der Waals surface area contributed by atoms with Gasteiger partial charge in [-0.2, -0.15) is 26.3 Å². The lowest BCUT2D eigenvalue weighted by Crippen LogP contribution is -2.11. The molecule has 8 heteroatoms. The van der Waals surface area contributed by atoms with Gasteiger partial charge in [0, 0.05) is 24.3 Å². The van der Waals surface area contributed by atoms with Gasteiger partial charge in [-0.15, -0.1) is 0 Å². The Morgan fingerprint density at radius 1 is 1.00 bits per heavy atom. The number of anilines is 2. The summed E-state index contributed by atoms with van der Waals surface area (Å²) in [5.74, 6) is 0. The maximum Gasteiger partial charge on any atom is 0.418 e. The Hall–Kier alpha value is -1.60. The van der Waals surface area contributed by atoms with Gasteiger partial charge in [-0.3, -0.25) is 0 Å². The predicted octanol–water partition coefficient (Wildman–Crippen LogP) is 4.43. The maximum absolute atomic E-state index is 12.6. The fraction of sp³-hybridized carbons (Fsp3) is 0.500. The molecule has 1 rings (SSSR count). The third-order valence-corrected chi connectivity index (χ3v) is 2.57. The zero-order chi connectivity index (χ0) is 15.4. The number of hydrogen-bond acceptors (Lipinski definition) is 2. The second kappa shape index (κ2) is 6.23. The second-order valence-electron chi connectivity index (χ2n) is 4.30. The molecule has 114 valence electrons. The standard InChI is InChI=1S/C12H14F6N2/c13-11(14,15)5-1-2-6-20-8-3-4-10(19)9(7-8)12(16,17)18/h3-4,7,20H,1-2,5-6,19H2. The number of benzene rings is 1. The molecule has 0 aliphatic carbocycles. The summed E-state index contributed by atoms with van der Waals surface area (Å²) >= 11 is 0. The highest BCUT2D eigenvalue weighted by molar-refractivity contribution is 5.58. The van der Waals surface area contributed by atoms with Crippen LogP contribution in [0.5, 0.6) is 0 Å². The van der Waals surface area contributed by atoms with Crippen LogP contribution in [0, 0.1) is 0 Å². The van der Waals surface area contributed by atoms with E-state index in [1.165, 1.54) is 6.07 Å². The molecule has 0 fully saturated rings. The van der Waals surface area contributed by atoms with Crippen LogP contribution in [0.3, 0.4) is 0 Å². The van der Waals surface area contributed by atoms with E-state index in [9.17, 15) is 26.3 Å². The van der Waals surface area contributed by atoms with E-state index >= 15 is 0 Å². The molecule has 0 aliphatic rings. The molecule has 0 bridgehead atoms. The molecule has 1 aromatic rings. The number of unbranched alkanes of at least 4 members (excludes halogenated alkanes) is 1. The smallest absolute Gasteiger partial charge is 0.398 e. The average molecular weight is 300 g/mol. The molecule has 0 radical (unpaired) electrons. The highest BCUT2D eigenvalue weighted by Gasteiger charge is 2.33. The van der Waals surface area contributed by atoms with E-state index < -0.39 is 24.3 Å². The summed E-state index contributed by atoms with van der Waals surface area (Å²) < 4.78 is 73.3. The summed E-state index contributed by atoms with van der Waals surface area (Å²) in [5, 5.41) is 2.65. The summed E-state index contributed by atoms with van der Waals surface area (Å²) in [4.78, 5) is 0. The summed E-state index contributed by atoms with van der Waals surface area (Å²) in [6.45, 7) is 0.164. The molecule has 0 heterocycles. The van der Waals surface area contributed by atoms with Gasteiger partial charge in [0.1, 0.15) is 0 Å². The van der Waals surface area contributed by atoms with Crippen molar-refractivity contribution in [2.24, 2.45) is 0 Å². The van der Waals surface area contributed by atoms with Crippen LogP contribution in [0.25, 0.3) is 0 Å². The van der Waals surface area contributed by atoms with Gasteiger partial charge < -0.3 is 11.1 Å². The zero-order valence-corrected chi connectivity index (χ0v) is 10.4. The molecule has 0 spiro atoms. The topological polar surface area (TPSA) is 38.0 Å². The van der Waals surface area contributed by atoms with E-state index in [1.807, 2.05) is 0 Å². The lowest BCUT2D eigenvalue weighted by molar-refractivity contribution is -0.137. The van der Waals surface area contributed by atoms with Crippen LogP contribution in [0.15, 0.2) is 18.2 Å². The van der Waals surface area contributed by atoms with E-state index in [0.29, 0.717) is 0 Å². The highest BCUT2D eigenvalue weighted by atomic mass is 19.4. The molecule has 0 aromatic heterocycles. The second-order valence-corrected chi connectivity index (χ2v) is 4.30. The summed E-state index contributed by atoms with van der Waals surface area (Å²) in [7, 11) is 0. The van der Waals surface area contributed by atoms with Crippen LogP contribution in [0.4, 0.5) is 37.7 Å². The van der Waals surface area contributed by atoms with Crippen molar-refractivity contribution in [2.45, 2.75) is 31.6 Å². The number of nitrogen functional groups attached to an aromatic ring is 1. The monoisotopic (exact) mass is 300 g/mol. The Bertz CT molecular complexity index is 439. The van der Waals surface area contributed by atoms with Gasteiger partial charge in [-0.25, -0.2) is 0 Å². The van der Waals surface area contributed by atoms with Gasteiger partial charge in [0.15, 0.2) is 0 Å². The summed E-state index contributed by atoms with van der Waals surface area (Å²) in [6, 6.07) is 3.31. The van der Waals surface area contributed by atoms with Crippen LogP contribution in [0.2, 0.25) is 0 Å². The molecule has 1 aromatic carbocycles. The first-order valence-electron chi connectivity index (χ1n) is 5.87. The highest BCUT2D eigenvalue weighted by Crippen LogP contribution is 2.35. The Labute approximate surface area is 112 Å². The molecular weight excluding hydrogens is 286 g/mol. The number of hydrogen-bond donors (Lipinski definition) is 2. The Morgan fingerprint density at radius 2 is 1.65 bits per heavy atom. The molecule has 0 saturated carbocycles. The molecule has 0 amide bonds. The fourth-order valence-electron chi connectivity index (χ4n) is 1.59. The third kappa shape index (κ3) is 5.58. The van der Waals surface area contributed by atoms with Crippen LogP contribution >= 0.6 is 0 Å². The van der Waals surface area contributed by atoms with Crippen molar-refractivity contribution in [1.29, 1.82) is 0 Å². The van der Waals surface area contributed by atoms with Gasteiger partial charge in [0.2, 0.25) is 0 Å². The quantitative estimate of drug-likeness (QED) is 0.479. The molecular formula is C12H14F6N2. The average Bonchev–Trinajstić information content (AvgIpc) is 2.27. The van der Waals surface area contributed by atoms with Gasteiger partial charge >= 0.3 is 12.4 Å². The Balaban J connectivity index is 2.49. The first-order chi connectivity index (χ1) is 9.09. The van der Waals surface area contributed by atoms with Crippen molar-refractivity contribution in [1.82, 2.24) is 0 Å². The van der Waals surface area contributed by atoms with Crippen molar-refractivity contribution in [3.8, 4) is 0 Å². The van der Waals surface area contributed by atoms with E-state index in [0.717, 1.165) is 12.1 Å².